The van der Waals surface area contributed by atoms with Crippen LogP contribution in [0.4, 0.5) is 0 Å². The number of ether oxygens (including phenoxy) is 1. The highest BCUT2D eigenvalue weighted by atomic mass is 32.2. The van der Waals surface area contributed by atoms with Gasteiger partial charge in [0, 0.05) is 26.2 Å². The van der Waals surface area contributed by atoms with Crippen LogP contribution in [0.25, 0.3) is 0 Å². The van der Waals surface area contributed by atoms with E-state index in [2.05, 4.69) is 0 Å². The number of para-hydroxylation sites is 1. The standard InChI is InChI=1S/C17H26N2O4S/c1-2-15-24(21,22)19-11-6-10-18(12-13-19)17(20)9-14-23-16-7-4-3-5-8-16/h3-5,7-8H,2,6,9-15H2,1H3. The van der Waals surface area contributed by atoms with Crippen molar-refractivity contribution in [1.82, 2.24) is 9.21 Å². The third-order valence-electron chi connectivity index (χ3n) is 3.99. The van der Waals surface area contributed by atoms with Crippen molar-refractivity contribution in [3.8, 4) is 5.75 Å². The van der Waals surface area contributed by atoms with Gasteiger partial charge in [0.1, 0.15) is 5.75 Å². The molecule has 1 saturated heterocycles. The van der Waals surface area contributed by atoms with Gasteiger partial charge in [-0.2, -0.15) is 0 Å². The molecule has 7 heteroatoms. The number of nitrogens with zero attached hydrogens (tertiary/aromatic N) is 2. The molecule has 2 rings (SSSR count). The molecule has 1 fully saturated rings. The maximum atomic E-state index is 12.3. The minimum absolute atomic E-state index is 0.0145. The summed E-state index contributed by atoms with van der Waals surface area (Å²) >= 11 is 0. The Balaban J connectivity index is 1.79. The Morgan fingerprint density at radius 1 is 1.12 bits per heavy atom. The summed E-state index contributed by atoms with van der Waals surface area (Å²) in [6.07, 6.45) is 1.59. The first-order valence-corrected chi connectivity index (χ1v) is 10.1. The summed E-state index contributed by atoms with van der Waals surface area (Å²) in [4.78, 5) is 14.0. The molecule has 0 unspecified atom stereocenters. The third-order valence-corrected chi connectivity index (χ3v) is 6.07. The fourth-order valence-corrected chi connectivity index (χ4v) is 4.28. The normalized spacial score (nSPS) is 16.6. The molecule has 0 radical (unpaired) electrons. The quantitative estimate of drug-likeness (QED) is 0.748. The summed E-state index contributed by atoms with van der Waals surface area (Å²) in [5.41, 5.74) is 0. The van der Waals surface area contributed by atoms with Crippen molar-refractivity contribution in [3.63, 3.8) is 0 Å². The molecule has 0 aliphatic carbocycles. The average Bonchev–Trinajstić information content (AvgIpc) is 2.82. The summed E-state index contributed by atoms with van der Waals surface area (Å²) in [6, 6.07) is 9.39. The number of hydrogen-bond acceptors (Lipinski definition) is 4. The van der Waals surface area contributed by atoms with Crippen LogP contribution in [0.15, 0.2) is 30.3 Å². The first-order valence-electron chi connectivity index (χ1n) is 8.46. The van der Waals surface area contributed by atoms with Gasteiger partial charge < -0.3 is 9.64 Å². The lowest BCUT2D eigenvalue weighted by Crippen LogP contribution is -2.38. The van der Waals surface area contributed by atoms with Crippen LogP contribution in [0.1, 0.15) is 26.2 Å². The zero-order valence-corrected chi connectivity index (χ0v) is 15.0. The molecule has 1 aliphatic heterocycles. The lowest BCUT2D eigenvalue weighted by atomic mass is 10.3. The number of hydrogen-bond donors (Lipinski definition) is 0. The second-order valence-corrected chi connectivity index (χ2v) is 7.95. The highest BCUT2D eigenvalue weighted by molar-refractivity contribution is 7.89. The van der Waals surface area contributed by atoms with Crippen LogP contribution in [0, 0.1) is 0 Å². The highest BCUT2D eigenvalue weighted by Gasteiger charge is 2.25. The molecule has 0 bridgehead atoms. The van der Waals surface area contributed by atoms with E-state index in [9.17, 15) is 13.2 Å². The monoisotopic (exact) mass is 354 g/mol. The van der Waals surface area contributed by atoms with Crippen molar-refractivity contribution in [2.75, 3.05) is 38.5 Å². The van der Waals surface area contributed by atoms with Crippen molar-refractivity contribution >= 4 is 15.9 Å². The number of benzene rings is 1. The molecule has 0 saturated carbocycles. The second-order valence-electron chi connectivity index (χ2n) is 5.86. The second kappa shape index (κ2) is 9.03. The first kappa shape index (κ1) is 18.7. The van der Waals surface area contributed by atoms with Crippen molar-refractivity contribution < 1.29 is 17.9 Å². The molecule has 0 N–H and O–H groups in total. The minimum atomic E-state index is -3.19. The number of rotatable bonds is 7. The summed E-state index contributed by atoms with van der Waals surface area (Å²) in [5.74, 6) is 0.935. The minimum Gasteiger partial charge on any atom is -0.493 e. The Kier molecular flexibility index (Phi) is 7.05. The topological polar surface area (TPSA) is 66.9 Å². The Morgan fingerprint density at radius 3 is 2.58 bits per heavy atom. The number of sulfonamides is 1. The fraction of sp³-hybridized carbons (Fsp3) is 0.588. The molecule has 6 nitrogen and oxygen atoms in total. The van der Waals surface area contributed by atoms with Crippen LogP contribution in [0.5, 0.6) is 5.75 Å². The third kappa shape index (κ3) is 5.49. The molecule has 24 heavy (non-hydrogen) atoms. The molecular weight excluding hydrogens is 328 g/mol. The first-order chi connectivity index (χ1) is 11.5. The van der Waals surface area contributed by atoms with Crippen molar-refractivity contribution in [2.45, 2.75) is 26.2 Å². The van der Waals surface area contributed by atoms with Crippen LogP contribution in [-0.4, -0.2) is 62.1 Å². The zero-order chi connectivity index (χ0) is 17.4. The van der Waals surface area contributed by atoms with Gasteiger partial charge in [0.05, 0.1) is 18.8 Å². The van der Waals surface area contributed by atoms with Gasteiger partial charge in [-0.25, -0.2) is 12.7 Å². The van der Waals surface area contributed by atoms with Crippen LogP contribution in [-0.2, 0) is 14.8 Å². The lowest BCUT2D eigenvalue weighted by molar-refractivity contribution is -0.131. The van der Waals surface area contributed by atoms with Gasteiger partial charge in [0.2, 0.25) is 15.9 Å². The molecule has 1 aliphatic rings. The fourth-order valence-electron chi connectivity index (χ4n) is 2.74. The van der Waals surface area contributed by atoms with Gasteiger partial charge in [-0.1, -0.05) is 25.1 Å². The predicted molar refractivity (Wildman–Crippen MR) is 93.4 cm³/mol. The van der Waals surface area contributed by atoms with E-state index in [0.29, 0.717) is 52.0 Å². The van der Waals surface area contributed by atoms with Gasteiger partial charge in [-0.3, -0.25) is 4.79 Å². The maximum Gasteiger partial charge on any atom is 0.226 e. The SMILES string of the molecule is CCCS(=O)(=O)N1CCCN(C(=O)CCOc2ccccc2)CC1. The number of carbonyl (C=O) groups is 1. The summed E-state index contributed by atoms with van der Waals surface area (Å²) < 4.78 is 31.4. The van der Waals surface area contributed by atoms with E-state index in [0.717, 1.165) is 5.75 Å². The zero-order valence-electron chi connectivity index (χ0n) is 14.2. The van der Waals surface area contributed by atoms with Crippen LogP contribution < -0.4 is 4.74 Å². The predicted octanol–water partition coefficient (Wildman–Crippen LogP) is 1.73. The van der Waals surface area contributed by atoms with Crippen LogP contribution in [0.3, 0.4) is 0 Å². The summed E-state index contributed by atoms with van der Waals surface area (Å²) in [6.45, 7) is 4.12. The van der Waals surface area contributed by atoms with E-state index >= 15 is 0 Å². The maximum absolute atomic E-state index is 12.3. The largest absolute Gasteiger partial charge is 0.493 e. The van der Waals surface area contributed by atoms with E-state index in [1.165, 1.54) is 4.31 Å². The summed E-state index contributed by atoms with van der Waals surface area (Å²) in [5, 5.41) is 0. The number of amides is 1. The molecule has 0 spiro atoms. The smallest absolute Gasteiger partial charge is 0.226 e. The van der Waals surface area contributed by atoms with Gasteiger partial charge >= 0.3 is 0 Å². The molecule has 1 amide bonds. The summed E-state index contributed by atoms with van der Waals surface area (Å²) in [7, 11) is -3.19. The molecule has 0 aromatic heterocycles. The van der Waals surface area contributed by atoms with Crippen molar-refractivity contribution in [1.29, 1.82) is 0 Å². The van der Waals surface area contributed by atoms with Crippen molar-refractivity contribution in [2.24, 2.45) is 0 Å². The van der Waals surface area contributed by atoms with Crippen molar-refractivity contribution in [3.05, 3.63) is 30.3 Å². The van der Waals surface area contributed by atoms with Crippen LogP contribution >= 0.6 is 0 Å². The molecule has 1 aromatic carbocycles. The van der Waals surface area contributed by atoms with E-state index in [4.69, 9.17) is 4.74 Å². The van der Waals surface area contributed by atoms with E-state index < -0.39 is 10.0 Å². The Bertz CT molecular complexity index is 619. The molecule has 1 aromatic rings. The number of carbonyl (C=O) groups excluding carboxylic acids is 1. The Morgan fingerprint density at radius 2 is 1.88 bits per heavy atom. The Hall–Kier alpha value is -1.60. The van der Waals surface area contributed by atoms with Crippen LogP contribution in [0.2, 0.25) is 0 Å². The van der Waals surface area contributed by atoms with E-state index in [1.54, 1.807) is 4.90 Å². The lowest BCUT2D eigenvalue weighted by Gasteiger charge is -2.22. The van der Waals surface area contributed by atoms with Gasteiger partial charge in [-0.05, 0) is 25.0 Å². The molecule has 134 valence electrons. The average molecular weight is 354 g/mol. The van der Waals surface area contributed by atoms with E-state index in [1.807, 2.05) is 37.3 Å². The van der Waals surface area contributed by atoms with E-state index in [-0.39, 0.29) is 11.7 Å². The highest BCUT2D eigenvalue weighted by Crippen LogP contribution is 2.12. The van der Waals surface area contributed by atoms with Gasteiger partial charge in [0.15, 0.2) is 0 Å². The molecule has 0 atom stereocenters. The molecule has 1 heterocycles. The molecular formula is C17H26N2O4S. The Labute approximate surface area is 144 Å². The van der Waals surface area contributed by atoms with Gasteiger partial charge in [-0.15, -0.1) is 0 Å². The van der Waals surface area contributed by atoms with Gasteiger partial charge in [0.25, 0.3) is 0 Å².